The fourth-order valence-corrected chi connectivity index (χ4v) is 3.18. The Morgan fingerprint density at radius 2 is 1.95 bits per heavy atom. The third kappa shape index (κ3) is 4.07. The summed E-state index contributed by atoms with van der Waals surface area (Å²) >= 11 is 4.94. The van der Waals surface area contributed by atoms with Crippen LogP contribution in [0, 0.1) is 5.82 Å². The summed E-state index contributed by atoms with van der Waals surface area (Å²) in [5, 5.41) is 18.5. The van der Waals surface area contributed by atoms with Gasteiger partial charge in [-0.05, 0) is 41.4 Å². The number of halogens is 2. The maximum Gasteiger partial charge on any atom is 0.488 e. The largest absolute Gasteiger partial charge is 0.488 e. The Morgan fingerprint density at radius 1 is 1.16 bits per heavy atom. The van der Waals surface area contributed by atoms with Crippen molar-refractivity contribution in [1.82, 2.24) is 0 Å². The van der Waals surface area contributed by atoms with E-state index in [0.29, 0.717) is 11.3 Å². The van der Waals surface area contributed by atoms with Gasteiger partial charge in [-0.25, -0.2) is 4.39 Å². The van der Waals surface area contributed by atoms with Gasteiger partial charge in [0.2, 0.25) is 0 Å². The Hall–Kier alpha value is -0.815. The first kappa shape index (κ1) is 14.6. The first-order chi connectivity index (χ1) is 9.06. The number of rotatable bonds is 4. The zero-order chi connectivity index (χ0) is 13.8. The quantitative estimate of drug-likeness (QED) is 0.664. The minimum Gasteiger partial charge on any atom is -0.423 e. The third-order valence-electron chi connectivity index (χ3n) is 2.58. The molecule has 0 amide bonds. The molecule has 98 valence electrons. The molecule has 0 atom stereocenters. The predicted octanol–water partition coefficient (Wildman–Crippen LogP) is 2.56. The number of thioether (sulfide) groups is 1. The van der Waals surface area contributed by atoms with Crippen molar-refractivity contribution in [2.24, 2.45) is 0 Å². The summed E-state index contributed by atoms with van der Waals surface area (Å²) in [4.78, 5) is 1.05. The second-order valence-corrected chi connectivity index (χ2v) is 5.93. The van der Waals surface area contributed by atoms with Crippen molar-refractivity contribution < 1.29 is 14.4 Å². The van der Waals surface area contributed by atoms with E-state index < -0.39 is 12.9 Å². The molecule has 2 nitrogen and oxygen atoms in total. The van der Waals surface area contributed by atoms with Gasteiger partial charge < -0.3 is 10.0 Å². The molecule has 0 saturated heterocycles. The predicted molar refractivity (Wildman–Crippen MR) is 79.9 cm³/mol. The number of hydrogen-bond acceptors (Lipinski definition) is 3. The van der Waals surface area contributed by atoms with Crippen LogP contribution in [0.2, 0.25) is 0 Å². The minimum atomic E-state index is -1.66. The molecule has 2 aromatic rings. The standard InChI is InChI=1S/C13H11BBrFO2S/c15-10-2-1-3-12(6-10)19-8-9-4-5-11(16)7-13(9)14(17)18/h1-7,17-18H,8H2. The van der Waals surface area contributed by atoms with Crippen LogP contribution in [-0.4, -0.2) is 17.2 Å². The van der Waals surface area contributed by atoms with Gasteiger partial charge >= 0.3 is 7.12 Å². The van der Waals surface area contributed by atoms with Gasteiger partial charge in [-0.2, -0.15) is 0 Å². The van der Waals surface area contributed by atoms with Crippen LogP contribution in [-0.2, 0) is 5.75 Å². The van der Waals surface area contributed by atoms with Crippen LogP contribution in [0.3, 0.4) is 0 Å². The van der Waals surface area contributed by atoms with Gasteiger partial charge in [0, 0.05) is 15.1 Å². The van der Waals surface area contributed by atoms with Crippen LogP contribution >= 0.6 is 27.7 Å². The van der Waals surface area contributed by atoms with E-state index in [9.17, 15) is 14.4 Å². The van der Waals surface area contributed by atoms with E-state index in [0.717, 1.165) is 15.4 Å². The molecule has 0 unspecified atom stereocenters. The summed E-state index contributed by atoms with van der Waals surface area (Å²) in [6.45, 7) is 0. The van der Waals surface area contributed by atoms with Crippen molar-refractivity contribution in [2.45, 2.75) is 10.6 Å². The average Bonchev–Trinajstić information content (AvgIpc) is 2.37. The second kappa shape index (κ2) is 6.57. The molecule has 0 aliphatic carbocycles. The fraction of sp³-hybridized carbons (Fsp3) is 0.0769. The molecule has 0 bridgehead atoms. The Labute approximate surface area is 123 Å². The average molecular weight is 341 g/mol. The minimum absolute atomic E-state index is 0.211. The third-order valence-corrected chi connectivity index (χ3v) is 4.11. The van der Waals surface area contributed by atoms with E-state index in [1.165, 1.54) is 6.07 Å². The van der Waals surface area contributed by atoms with Gasteiger partial charge in [-0.1, -0.05) is 28.1 Å². The van der Waals surface area contributed by atoms with Crippen molar-refractivity contribution in [3.05, 3.63) is 58.3 Å². The van der Waals surface area contributed by atoms with Crippen molar-refractivity contribution in [2.75, 3.05) is 0 Å². The summed E-state index contributed by atoms with van der Waals surface area (Å²) in [5.41, 5.74) is 0.920. The Kier molecular flexibility index (Phi) is 5.04. The van der Waals surface area contributed by atoms with Crippen LogP contribution in [0.5, 0.6) is 0 Å². The van der Waals surface area contributed by atoms with Gasteiger partial charge in [0.25, 0.3) is 0 Å². The lowest BCUT2D eigenvalue weighted by Crippen LogP contribution is -2.33. The molecule has 2 N–H and O–H groups in total. The molecular weight excluding hydrogens is 330 g/mol. The molecule has 19 heavy (non-hydrogen) atoms. The van der Waals surface area contributed by atoms with Gasteiger partial charge in [-0.3, -0.25) is 0 Å². The highest BCUT2D eigenvalue weighted by Crippen LogP contribution is 2.25. The Morgan fingerprint density at radius 3 is 2.63 bits per heavy atom. The van der Waals surface area contributed by atoms with E-state index in [1.54, 1.807) is 17.8 Å². The molecule has 2 rings (SSSR count). The first-order valence-corrected chi connectivity index (χ1v) is 7.37. The molecule has 0 fully saturated rings. The molecule has 0 spiro atoms. The van der Waals surface area contributed by atoms with Crippen LogP contribution in [0.1, 0.15) is 5.56 Å². The highest BCUT2D eigenvalue weighted by molar-refractivity contribution is 9.10. The lowest BCUT2D eigenvalue weighted by atomic mass is 9.77. The summed E-state index contributed by atoms with van der Waals surface area (Å²) in [6, 6.07) is 11.9. The van der Waals surface area contributed by atoms with Crippen LogP contribution in [0.25, 0.3) is 0 Å². The summed E-state index contributed by atoms with van der Waals surface area (Å²) in [6.07, 6.45) is 0. The van der Waals surface area contributed by atoms with Gasteiger partial charge in [0.05, 0.1) is 0 Å². The van der Waals surface area contributed by atoms with Gasteiger partial charge in [0.1, 0.15) is 5.82 Å². The molecule has 0 aliphatic rings. The van der Waals surface area contributed by atoms with Crippen molar-refractivity contribution in [1.29, 1.82) is 0 Å². The maximum atomic E-state index is 13.1. The van der Waals surface area contributed by atoms with E-state index >= 15 is 0 Å². The smallest absolute Gasteiger partial charge is 0.423 e. The van der Waals surface area contributed by atoms with Crippen molar-refractivity contribution in [3.63, 3.8) is 0 Å². The number of benzene rings is 2. The monoisotopic (exact) mass is 340 g/mol. The molecule has 6 heteroatoms. The summed E-state index contributed by atoms with van der Waals surface area (Å²) < 4.78 is 14.1. The van der Waals surface area contributed by atoms with Crippen LogP contribution in [0.15, 0.2) is 51.8 Å². The highest BCUT2D eigenvalue weighted by atomic mass is 79.9. The second-order valence-electron chi connectivity index (χ2n) is 3.96. The normalized spacial score (nSPS) is 10.5. The molecule has 0 radical (unpaired) electrons. The maximum absolute atomic E-state index is 13.1. The zero-order valence-electron chi connectivity index (χ0n) is 9.88. The van der Waals surface area contributed by atoms with E-state index in [-0.39, 0.29) is 5.46 Å². The Bertz CT molecular complexity index is 580. The molecule has 0 saturated carbocycles. The van der Waals surface area contributed by atoms with Crippen molar-refractivity contribution >= 4 is 40.3 Å². The van der Waals surface area contributed by atoms with Crippen LogP contribution < -0.4 is 5.46 Å². The first-order valence-electron chi connectivity index (χ1n) is 5.59. The van der Waals surface area contributed by atoms with Gasteiger partial charge in [-0.15, -0.1) is 11.8 Å². The molecule has 0 aromatic heterocycles. The lowest BCUT2D eigenvalue weighted by Gasteiger charge is -2.09. The topological polar surface area (TPSA) is 40.5 Å². The molecular formula is C13H11BBrFO2S. The Balaban J connectivity index is 2.15. The van der Waals surface area contributed by atoms with E-state index in [1.807, 2.05) is 24.3 Å². The SMILES string of the molecule is OB(O)c1cc(F)ccc1CSc1cccc(Br)c1. The van der Waals surface area contributed by atoms with Gasteiger partial charge in [0.15, 0.2) is 0 Å². The van der Waals surface area contributed by atoms with Crippen LogP contribution in [0.4, 0.5) is 4.39 Å². The lowest BCUT2D eigenvalue weighted by molar-refractivity contribution is 0.425. The summed E-state index contributed by atoms with van der Waals surface area (Å²) in [5.74, 6) is 0.0725. The fourth-order valence-electron chi connectivity index (χ4n) is 1.66. The number of hydrogen-bond donors (Lipinski definition) is 2. The van der Waals surface area contributed by atoms with Crippen molar-refractivity contribution in [3.8, 4) is 0 Å². The summed E-state index contributed by atoms with van der Waals surface area (Å²) in [7, 11) is -1.66. The highest BCUT2D eigenvalue weighted by Gasteiger charge is 2.16. The van der Waals surface area contributed by atoms with E-state index in [2.05, 4.69) is 15.9 Å². The zero-order valence-corrected chi connectivity index (χ0v) is 12.3. The van der Waals surface area contributed by atoms with E-state index in [4.69, 9.17) is 0 Å². The molecule has 0 heterocycles. The molecule has 0 aliphatic heterocycles. The molecule has 2 aromatic carbocycles.